The first-order valence-electron chi connectivity index (χ1n) is 8.30. The molecule has 0 saturated heterocycles. The van der Waals surface area contributed by atoms with Crippen LogP contribution in [-0.2, 0) is 17.6 Å². The molecule has 0 bridgehead atoms. The second-order valence-electron chi connectivity index (χ2n) is 6.50. The average molecular weight is 301 g/mol. The van der Waals surface area contributed by atoms with Gasteiger partial charge in [-0.3, -0.25) is 9.59 Å². The summed E-state index contributed by atoms with van der Waals surface area (Å²) in [6, 6.07) is 5.63. The number of carbonyl (C=O) groups is 2. The molecule has 2 N–H and O–H groups in total. The average Bonchev–Trinajstić information content (AvgIpc) is 2.84. The molecule has 3 rings (SSSR count). The van der Waals surface area contributed by atoms with Gasteiger partial charge in [-0.25, -0.2) is 0 Å². The van der Waals surface area contributed by atoms with E-state index in [4.69, 9.17) is 0 Å². The van der Waals surface area contributed by atoms with E-state index in [-0.39, 0.29) is 11.9 Å². The van der Waals surface area contributed by atoms with E-state index in [1.807, 2.05) is 18.2 Å². The zero-order chi connectivity index (χ0) is 15.5. The number of carboxylic acids is 1. The molecular weight excluding hydrogens is 278 g/mol. The highest BCUT2D eigenvalue weighted by molar-refractivity contribution is 5.95. The van der Waals surface area contributed by atoms with Gasteiger partial charge in [-0.15, -0.1) is 0 Å². The Kier molecular flexibility index (Phi) is 4.46. The molecule has 0 heterocycles. The Bertz CT molecular complexity index is 582. The van der Waals surface area contributed by atoms with E-state index >= 15 is 0 Å². The number of fused-ring (bicyclic) bond motifs is 1. The summed E-state index contributed by atoms with van der Waals surface area (Å²) >= 11 is 0. The standard InChI is InChI=1S/C18H23NO3/c20-17(14-10-9-12-5-4-6-13(12)11-14)19-16-8-3-1-2-7-15(16)18(21)22/h9-11,15-16H,1-8H2,(H,19,20)(H,21,22)/t15-,16+/m1/s1. The summed E-state index contributed by atoms with van der Waals surface area (Å²) in [5.74, 6) is -1.38. The van der Waals surface area contributed by atoms with E-state index < -0.39 is 11.9 Å². The molecule has 2 atom stereocenters. The lowest BCUT2D eigenvalue weighted by atomic mass is 9.94. The Labute approximate surface area is 130 Å². The maximum Gasteiger partial charge on any atom is 0.308 e. The Morgan fingerprint density at radius 2 is 1.77 bits per heavy atom. The first-order valence-corrected chi connectivity index (χ1v) is 8.30. The van der Waals surface area contributed by atoms with E-state index in [1.165, 1.54) is 11.1 Å². The SMILES string of the molecule is O=C(N[C@H]1CCCCC[C@H]1C(=O)O)c1ccc2c(c1)CCC2. The molecular formula is C18H23NO3. The minimum atomic E-state index is -0.791. The molecule has 1 aromatic carbocycles. The van der Waals surface area contributed by atoms with Crippen LogP contribution in [0.5, 0.6) is 0 Å². The molecule has 2 aliphatic carbocycles. The molecule has 1 amide bonds. The Hall–Kier alpha value is -1.84. The molecule has 2 aliphatic rings. The molecule has 22 heavy (non-hydrogen) atoms. The molecule has 0 radical (unpaired) electrons. The lowest BCUT2D eigenvalue weighted by molar-refractivity contribution is -0.142. The fourth-order valence-corrected chi connectivity index (χ4v) is 3.74. The molecule has 0 aromatic heterocycles. The van der Waals surface area contributed by atoms with Gasteiger partial charge in [0, 0.05) is 11.6 Å². The Morgan fingerprint density at radius 1 is 1.00 bits per heavy atom. The second kappa shape index (κ2) is 6.51. The normalized spacial score (nSPS) is 24.4. The van der Waals surface area contributed by atoms with Crippen molar-refractivity contribution in [3.05, 3.63) is 34.9 Å². The highest BCUT2D eigenvalue weighted by atomic mass is 16.4. The third-order valence-corrected chi connectivity index (χ3v) is 5.01. The Morgan fingerprint density at radius 3 is 2.59 bits per heavy atom. The third-order valence-electron chi connectivity index (χ3n) is 5.01. The molecule has 4 heteroatoms. The van der Waals surface area contributed by atoms with Crippen LogP contribution < -0.4 is 5.32 Å². The van der Waals surface area contributed by atoms with E-state index in [0.29, 0.717) is 12.0 Å². The molecule has 1 saturated carbocycles. The van der Waals surface area contributed by atoms with Crippen LogP contribution in [0, 0.1) is 5.92 Å². The predicted molar refractivity (Wildman–Crippen MR) is 83.9 cm³/mol. The van der Waals surface area contributed by atoms with Gasteiger partial charge in [-0.05, 0) is 55.4 Å². The van der Waals surface area contributed by atoms with Crippen molar-refractivity contribution in [3.63, 3.8) is 0 Å². The van der Waals surface area contributed by atoms with Crippen LogP contribution >= 0.6 is 0 Å². The number of hydrogen-bond acceptors (Lipinski definition) is 2. The van der Waals surface area contributed by atoms with Crippen LogP contribution in [0.25, 0.3) is 0 Å². The zero-order valence-electron chi connectivity index (χ0n) is 12.8. The number of aryl methyl sites for hydroxylation is 2. The summed E-state index contributed by atoms with van der Waals surface area (Å²) in [5, 5.41) is 12.4. The Balaban J connectivity index is 1.73. The lowest BCUT2D eigenvalue weighted by Crippen LogP contribution is -2.42. The van der Waals surface area contributed by atoms with Crippen molar-refractivity contribution in [2.24, 2.45) is 5.92 Å². The van der Waals surface area contributed by atoms with Gasteiger partial charge in [-0.1, -0.05) is 25.3 Å². The first-order chi connectivity index (χ1) is 10.6. The van der Waals surface area contributed by atoms with Crippen LogP contribution in [0.15, 0.2) is 18.2 Å². The van der Waals surface area contributed by atoms with Gasteiger partial charge in [-0.2, -0.15) is 0 Å². The van der Waals surface area contributed by atoms with Crippen LogP contribution in [0.3, 0.4) is 0 Å². The van der Waals surface area contributed by atoms with Gasteiger partial charge >= 0.3 is 5.97 Å². The van der Waals surface area contributed by atoms with Crippen LogP contribution in [0.4, 0.5) is 0 Å². The number of rotatable bonds is 3. The van der Waals surface area contributed by atoms with Crippen molar-refractivity contribution in [1.82, 2.24) is 5.32 Å². The highest BCUT2D eigenvalue weighted by Gasteiger charge is 2.30. The van der Waals surface area contributed by atoms with Crippen molar-refractivity contribution < 1.29 is 14.7 Å². The number of aliphatic carboxylic acids is 1. The van der Waals surface area contributed by atoms with E-state index in [1.54, 1.807) is 0 Å². The quantitative estimate of drug-likeness (QED) is 0.844. The summed E-state index contributed by atoms with van der Waals surface area (Å²) in [6.45, 7) is 0. The van der Waals surface area contributed by atoms with E-state index in [2.05, 4.69) is 5.32 Å². The summed E-state index contributed by atoms with van der Waals surface area (Å²) in [7, 11) is 0. The fraction of sp³-hybridized carbons (Fsp3) is 0.556. The molecule has 1 aromatic rings. The topological polar surface area (TPSA) is 66.4 Å². The zero-order valence-corrected chi connectivity index (χ0v) is 12.8. The third kappa shape index (κ3) is 3.16. The maximum atomic E-state index is 12.5. The molecule has 0 spiro atoms. The minimum absolute atomic E-state index is 0.132. The molecule has 118 valence electrons. The molecule has 4 nitrogen and oxygen atoms in total. The summed E-state index contributed by atoms with van der Waals surface area (Å²) in [6.07, 6.45) is 7.68. The van der Waals surface area contributed by atoms with Gasteiger partial charge in [0.1, 0.15) is 0 Å². The minimum Gasteiger partial charge on any atom is -0.481 e. The molecule has 0 aliphatic heterocycles. The highest BCUT2D eigenvalue weighted by Crippen LogP contribution is 2.25. The van der Waals surface area contributed by atoms with Crippen molar-refractivity contribution in [2.45, 2.75) is 57.4 Å². The van der Waals surface area contributed by atoms with E-state index in [9.17, 15) is 14.7 Å². The van der Waals surface area contributed by atoms with Crippen molar-refractivity contribution in [2.75, 3.05) is 0 Å². The number of hydrogen-bond donors (Lipinski definition) is 2. The number of benzene rings is 1. The smallest absolute Gasteiger partial charge is 0.308 e. The lowest BCUT2D eigenvalue weighted by Gasteiger charge is -2.23. The summed E-state index contributed by atoms with van der Waals surface area (Å²) < 4.78 is 0. The maximum absolute atomic E-state index is 12.5. The van der Waals surface area contributed by atoms with Crippen LogP contribution in [0.1, 0.15) is 60.0 Å². The number of carboxylic acid groups (broad SMARTS) is 1. The first kappa shape index (κ1) is 15.1. The van der Waals surface area contributed by atoms with Gasteiger partial charge < -0.3 is 10.4 Å². The van der Waals surface area contributed by atoms with Gasteiger partial charge in [0.05, 0.1) is 5.92 Å². The van der Waals surface area contributed by atoms with Crippen molar-refractivity contribution in [1.29, 1.82) is 0 Å². The fourth-order valence-electron chi connectivity index (χ4n) is 3.74. The van der Waals surface area contributed by atoms with Crippen LogP contribution in [0.2, 0.25) is 0 Å². The van der Waals surface area contributed by atoms with Crippen molar-refractivity contribution in [3.8, 4) is 0 Å². The summed E-state index contributed by atoms with van der Waals surface area (Å²) in [5.41, 5.74) is 3.27. The number of amides is 1. The monoisotopic (exact) mass is 301 g/mol. The molecule has 1 fully saturated rings. The van der Waals surface area contributed by atoms with Gasteiger partial charge in [0.25, 0.3) is 5.91 Å². The largest absolute Gasteiger partial charge is 0.481 e. The predicted octanol–water partition coefficient (Wildman–Crippen LogP) is 2.94. The number of carbonyl (C=O) groups excluding carboxylic acids is 1. The summed E-state index contributed by atoms with van der Waals surface area (Å²) in [4.78, 5) is 23.9. The second-order valence-corrected chi connectivity index (χ2v) is 6.50. The number of nitrogens with one attached hydrogen (secondary N) is 1. The van der Waals surface area contributed by atoms with Crippen molar-refractivity contribution >= 4 is 11.9 Å². The van der Waals surface area contributed by atoms with Gasteiger partial charge in [0.2, 0.25) is 0 Å². The van der Waals surface area contributed by atoms with Crippen LogP contribution in [-0.4, -0.2) is 23.0 Å². The molecule has 0 unspecified atom stereocenters. The van der Waals surface area contributed by atoms with Gasteiger partial charge in [0.15, 0.2) is 0 Å². The van der Waals surface area contributed by atoms with E-state index in [0.717, 1.165) is 44.9 Å².